The Morgan fingerprint density at radius 1 is 1.40 bits per heavy atom. The van der Waals surface area contributed by atoms with E-state index < -0.39 is 5.60 Å². The third kappa shape index (κ3) is 4.16. The highest BCUT2D eigenvalue weighted by Crippen LogP contribution is 2.32. The number of carbonyl (C=O) groups excluding carboxylic acids is 1. The van der Waals surface area contributed by atoms with E-state index in [2.05, 4.69) is 29.7 Å². The molecule has 1 N–H and O–H groups in total. The molecule has 0 aliphatic carbocycles. The molecular formula is C25H31N3O2. The first-order chi connectivity index (χ1) is 15.0. The number of carbonyl (C=O) groups is 1. The third-order valence-electron chi connectivity index (χ3n) is 5.35. The molecule has 0 spiro atoms. The van der Waals surface area contributed by atoms with Gasteiger partial charge in [0.1, 0.15) is 5.60 Å². The second-order valence-corrected chi connectivity index (χ2v) is 9.08. The lowest BCUT2D eigenvalue weighted by atomic mass is 10.0. The molecule has 1 atom stereocenters. The molecule has 0 saturated heterocycles. The zero-order chi connectivity index (χ0) is 23.2. The third-order valence-corrected chi connectivity index (χ3v) is 5.35. The quantitative estimate of drug-likeness (QED) is 0.749. The van der Waals surface area contributed by atoms with Crippen LogP contribution >= 0.6 is 0 Å². The Hall–Kier alpha value is -2.95. The number of nitrogens with one attached hydrogen (secondary N) is 1. The molecule has 4 rings (SSSR count). The summed E-state index contributed by atoms with van der Waals surface area (Å²) in [5, 5.41) is 2.35. The van der Waals surface area contributed by atoms with Gasteiger partial charge in [-0.2, -0.15) is 0 Å². The predicted octanol–water partition coefficient (Wildman–Crippen LogP) is 5.15. The van der Waals surface area contributed by atoms with Gasteiger partial charge in [0.05, 0.1) is 13.4 Å². The Balaban J connectivity index is 1.72. The van der Waals surface area contributed by atoms with Crippen molar-refractivity contribution >= 4 is 23.2 Å². The molecule has 1 aromatic carbocycles. The first-order valence-corrected chi connectivity index (χ1v) is 10.5. The molecule has 2 aliphatic rings. The number of hydrogen-bond acceptors (Lipinski definition) is 3. The van der Waals surface area contributed by atoms with E-state index in [9.17, 15) is 4.79 Å². The summed E-state index contributed by atoms with van der Waals surface area (Å²) >= 11 is 0. The van der Waals surface area contributed by atoms with Crippen LogP contribution in [-0.4, -0.2) is 33.7 Å². The van der Waals surface area contributed by atoms with Crippen LogP contribution in [0.25, 0.3) is 17.1 Å². The molecule has 0 bridgehead atoms. The number of aryl methyl sites for hydroxylation is 1. The van der Waals surface area contributed by atoms with Gasteiger partial charge in [-0.3, -0.25) is 0 Å². The second-order valence-electron chi connectivity index (χ2n) is 9.08. The maximum absolute atomic E-state index is 12.7. The van der Waals surface area contributed by atoms with Gasteiger partial charge in [0.25, 0.3) is 0 Å². The van der Waals surface area contributed by atoms with Crippen LogP contribution in [0.5, 0.6) is 0 Å². The normalized spacial score (nSPS) is 20.6. The smallest absolute Gasteiger partial charge is 0.410 e. The second kappa shape index (κ2) is 7.71. The van der Waals surface area contributed by atoms with Crippen molar-refractivity contribution in [2.45, 2.75) is 59.2 Å². The van der Waals surface area contributed by atoms with Gasteiger partial charge >= 0.3 is 6.09 Å². The summed E-state index contributed by atoms with van der Waals surface area (Å²) in [5.74, 6) is 0. The van der Waals surface area contributed by atoms with Gasteiger partial charge < -0.3 is 19.5 Å². The summed E-state index contributed by atoms with van der Waals surface area (Å²) in [6.07, 6.45) is 8.33. The highest BCUT2D eigenvalue weighted by Gasteiger charge is 2.29. The molecule has 2 aromatic rings. The van der Waals surface area contributed by atoms with Crippen molar-refractivity contribution < 1.29 is 12.3 Å². The van der Waals surface area contributed by atoms with Gasteiger partial charge in [-0.1, -0.05) is 23.8 Å². The van der Waals surface area contributed by atoms with Crippen molar-refractivity contribution in [2.75, 3.05) is 6.54 Å². The van der Waals surface area contributed by atoms with Crippen LogP contribution in [0.1, 0.15) is 45.9 Å². The summed E-state index contributed by atoms with van der Waals surface area (Å²) in [5.41, 5.74) is 4.73. The number of nitrogens with zero attached hydrogens (tertiary/aromatic N) is 2. The topological polar surface area (TPSA) is 46.5 Å². The van der Waals surface area contributed by atoms with Gasteiger partial charge in [-0.25, -0.2) is 4.79 Å². The van der Waals surface area contributed by atoms with Crippen molar-refractivity contribution in [3.63, 3.8) is 0 Å². The number of rotatable bonds is 2. The average Bonchev–Trinajstić information content (AvgIpc) is 3.02. The van der Waals surface area contributed by atoms with E-state index in [1.165, 1.54) is 16.6 Å². The minimum absolute atomic E-state index is 0.110. The Labute approximate surface area is 181 Å². The van der Waals surface area contributed by atoms with Gasteiger partial charge in [0.15, 0.2) is 1.41 Å². The average molecular weight is 408 g/mol. The Bertz CT molecular complexity index is 1150. The zero-order valence-electron chi connectivity index (χ0n) is 20.4. The highest BCUT2D eigenvalue weighted by molar-refractivity contribution is 5.89. The molecule has 5 heteroatoms. The van der Waals surface area contributed by atoms with Crippen LogP contribution in [0.2, 0.25) is 1.41 Å². The molecule has 0 radical (unpaired) electrons. The maximum Gasteiger partial charge on any atom is 0.410 e. The van der Waals surface area contributed by atoms with E-state index in [4.69, 9.17) is 7.52 Å². The van der Waals surface area contributed by atoms with Gasteiger partial charge in [-0.15, -0.1) is 0 Å². The number of dihydropyridines is 1. The largest absolute Gasteiger partial charge is 0.444 e. The molecule has 30 heavy (non-hydrogen) atoms. The van der Waals surface area contributed by atoms with E-state index >= 15 is 0 Å². The van der Waals surface area contributed by atoms with Gasteiger partial charge in [-0.05, 0) is 58.4 Å². The fourth-order valence-corrected chi connectivity index (χ4v) is 3.91. The summed E-state index contributed by atoms with van der Waals surface area (Å²) in [7, 11) is 0. The minimum Gasteiger partial charge on any atom is -0.444 e. The molecule has 5 nitrogen and oxygen atoms in total. The number of hydrogen-bond donors (Lipinski definition) is 1. The van der Waals surface area contributed by atoms with Crippen LogP contribution < -0.4 is 5.31 Å². The Kier molecular flexibility index (Phi) is 4.59. The minimum atomic E-state index is -0.525. The van der Waals surface area contributed by atoms with Gasteiger partial charge in [0.2, 0.25) is 0 Å². The summed E-state index contributed by atoms with van der Waals surface area (Å²) in [4.78, 5) is 14.5. The molecule has 1 unspecified atom stereocenters. The van der Waals surface area contributed by atoms with E-state index in [1.807, 2.05) is 52.1 Å². The van der Waals surface area contributed by atoms with Crippen molar-refractivity contribution in [2.24, 2.45) is 0 Å². The predicted molar refractivity (Wildman–Crippen MR) is 122 cm³/mol. The van der Waals surface area contributed by atoms with E-state index in [1.54, 1.807) is 4.90 Å². The fraction of sp³-hybridized carbons (Fsp3) is 0.400. The number of benzene rings is 1. The van der Waals surface area contributed by atoms with E-state index in [-0.39, 0.29) is 18.3 Å². The molecule has 2 aliphatic heterocycles. The molecular weight excluding hydrogens is 374 g/mol. The Morgan fingerprint density at radius 2 is 2.20 bits per heavy atom. The Morgan fingerprint density at radius 3 is 2.97 bits per heavy atom. The lowest BCUT2D eigenvalue weighted by Gasteiger charge is -2.30. The number of aromatic nitrogens is 1. The number of fused-ring (bicyclic) bond motifs is 3. The first-order valence-electron chi connectivity index (χ1n) is 11.5. The van der Waals surface area contributed by atoms with E-state index in [0.717, 1.165) is 22.9 Å². The monoisotopic (exact) mass is 407 g/mol. The van der Waals surface area contributed by atoms with Gasteiger partial charge in [0, 0.05) is 48.0 Å². The SMILES string of the molecule is [2H]C1=C(C=Cn2c3c(c4cc(C)ccc42)CN(C(=O)OC(C)(C)C)CC3)C=CC(C)N1[2H]. The van der Waals surface area contributed by atoms with Crippen LogP contribution in [-0.2, 0) is 17.7 Å². The number of allylic oxidation sites excluding steroid dienone is 3. The number of amides is 1. The fourth-order valence-electron chi connectivity index (χ4n) is 3.91. The summed E-state index contributed by atoms with van der Waals surface area (Å²) < 4.78 is 24.1. The molecule has 0 saturated carbocycles. The lowest BCUT2D eigenvalue weighted by Crippen LogP contribution is -2.40. The highest BCUT2D eigenvalue weighted by atomic mass is 16.6. The zero-order valence-corrected chi connectivity index (χ0v) is 18.4. The molecule has 158 valence electrons. The van der Waals surface area contributed by atoms with Crippen LogP contribution in [0.15, 0.2) is 48.2 Å². The maximum atomic E-state index is 12.7. The molecule has 1 aromatic heterocycles. The van der Waals surface area contributed by atoms with Crippen molar-refractivity contribution in [3.8, 4) is 0 Å². The van der Waals surface area contributed by atoms with Crippen LogP contribution in [0, 0.1) is 6.92 Å². The molecule has 0 fully saturated rings. The lowest BCUT2D eigenvalue weighted by molar-refractivity contribution is 0.0224. The van der Waals surface area contributed by atoms with Crippen molar-refractivity contribution in [3.05, 3.63) is 65.0 Å². The van der Waals surface area contributed by atoms with Crippen LogP contribution in [0.4, 0.5) is 4.79 Å². The standard InChI is InChI=1S/C25H31N3O2/c1-17-6-9-22-20(14-17)21-16-27(24(29)30-25(3,4)5)12-11-23(21)28(22)13-10-19-8-7-18(2)26-15-19/h6-10,13-15,18,26H,11-12,16H2,1-5H3/i15D/hD. The first kappa shape index (κ1) is 17.9. The molecule has 1 amide bonds. The van der Waals surface area contributed by atoms with Crippen molar-refractivity contribution in [1.82, 2.24) is 14.8 Å². The van der Waals surface area contributed by atoms with Crippen LogP contribution in [0.3, 0.4) is 0 Å². The summed E-state index contributed by atoms with van der Waals surface area (Å²) in [6.45, 7) is 10.7. The molecule has 3 heterocycles. The van der Waals surface area contributed by atoms with E-state index in [0.29, 0.717) is 18.7 Å². The summed E-state index contributed by atoms with van der Waals surface area (Å²) in [6, 6.07) is 6.25. The van der Waals surface area contributed by atoms with Crippen molar-refractivity contribution in [1.29, 1.82) is 0 Å². The number of ether oxygens (including phenoxy) is 1.